The molecule has 2 aromatic heterocycles. The van der Waals surface area contributed by atoms with E-state index in [9.17, 15) is 9.90 Å². The number of carbonyl (C=O) groups is 1. The molecule has 2 aromatic carbocycles. The number of nitrogens with one attached hydrogen (secondary N) is 1. The quantitative estimate of drug-likeness (QED) is 0.506. The fourth-order valence-electron chi connectivity index (χ4n) is 3.73. The van der Waals surface area contributed by atoms with Crippen molar-refractivity contribution in [2.75, 3.05) is 6.61 Å². The maximum atomic E-state index is 12.5. The summed E-state index contributed by atoms with van der Waals surface area (Å²) >= 11 is 0. The molecular formula is C24H23N5O2. The summed E-state index contributed by atoms with van der Waals surface area (Å²) < 4.78 is 1.90. The normalized spacial score (nSPS) is 13.5. The van der Waals surface area contributed by atoms with Crippen molar-refractivity contribution in [2.24, 2.45) is 0 Å². The van der Waals surface area contributed by atoms with Crippen LogP contribution in [0.4, 0.5) is 0 Å². The number of nitrogens with zero attached hydrogens (tertiary/aromatic N) is 4. The molecule has 1 fully saturated rings. The molecule has 0 unspecified atom stereocenters. The Morgan fingerprint density at radius 3 is 2.84 bits per heavy atom. The van der Waals surface area contributed by atoms with Gasteiger partial charge in [0.05, 0.1) is 5.69 Å². The second-order valence-electron chi connectivity index (χ2n) is 7.93. The number of hydrogen-bond acceptors (Lipinski definition) is 5. The highest BCUT2D eigenvalue weighted by atomic mass is 16.3. The molecule has 0 saturated heterocycles. The molecule has 1 saturated carbocycles. The van der Waals surface area contributed by atoms with E-state index in [-0.39, 0.29) is 12.5 Å². The molecule has 1 amide bonds. The first-order valence-electron chi connectivity index (χ1n) is 10.4. The predicted octanol–water partition coefficient (Wildman–Crippen LogP) is 3.22. The van der Waals surface area contributed by atoms with Crippen LogP contribution >= 0.6 is 0 Å². The van der Waals surface area contributed by atoms with E-state index in [0.29, 0.717) is 29.2 Å². The summed E-state index contributed by atoms with van der Waals surface area (Å²) in [5, 5.41) is 12.3. The fraction of sp³-hybridized carbons (Fsp3) is 0.250. The third-order valence-electron chi connectivity index (χ3n) is 5.58. The number of carbonyl (C=O) groups excluding carboxylic acids is 1. The monoisotopic (exact) mass is 413 g/mol. The molecule has 5 rings (SSSR count). The maximum Gasteiger partial charge on any atom is 0.251 e. The van der Waals surface area contributed by atoms with E-state index in [1.165, 1.54) is 6.33 Å². The predicted molar refractivity (Wildman–Crippen MR) is 118 cm³/mol. The van der Waals surface area contributed by atoms with Gasteiger partial charge in [-0.15, -0.1) is 0 Å². The third-order valence-corrected chi connectivity index (χ3v) is 5.58. The number of aryl methyl sites for hydroxylation is 1. The first kappa shape index (κ1) is 19.4. The number of aromatic nitrogens is 4. The molecule has 7 heteroatoms. The van der Waals surface area contributed by atoms with E-state index in [4.69, 9.17) is 0 Å². The van der Waals surface area contributed by atoms with Crippen LogP contribution in [0.1, 0.15) is 34.3 Å². The smallest absolute Gasteiger partial charge is 0.251 e. The summed E-state index contributed by atoms with van der Waals surface area (Å²) in [5.41, 5.74) is 6.59. The average molecular weight is 413 g/mol. The van der Waals surface area contributed by atoms with Crippen LogP contribution in [0, 0.1) is 6.92 Å². The van der Waals surface area contributed by atoms with Crippen molar-refractivity contribution in [3.8, 4) is 16.9 Å². The summed E-state index contributed by atoms with van der Waals surface area (Å²) in [6, 6.07) is 13.9. The van der Waals surface area contributed by atoms with E-state index < -0.39 is 0 Å². The minimum atomic E-state index is -0.0517. The van der Waals surface area contributed by atoms with Crippen molar-refractivity contribution in [3.63, 3.8) is 0 Å². The van der Waals surface area contributed by atoms with Crippen LogP contribution in [0.3, 0.4) is 0 Å². The molecule has 0 aliphatic heterocycles. The number of amides is 1. The topological polar surface area (TPSA) is 92.9 Å². The molecule has 156 valence electrons. The highest BCUT2D eigenvalue weighted by molar-refractivity contribution is 5.95. The zero-order chi connectivity index (χ0) is 21.4. The second-order valence-corrected chi connectivity index (χ2v) is 7.93. The van der Waals surface area contributed by atoms with Crippen molar-refractivity contribution >= 4 is 17.1 Å². The van der Waals surface area contributed by atoms with Crippen LogP contribution < -0.4 is 5.32 Å². The van der Waals surface area contributed by atoms with Gasteiger partial charge in [0.1, 0.15) is 23.9 Å². The number of aliphatic hydroxyl groups excluding tert-OH is 1. The van der Waals surface area contributed by atoms with Crippen LogP contribution in [0.25, 0.3) is 28.1 Å². The molecule has 0 spiro atoms. The van der Waals surface area contributed by atoms with Gasteiger partial charge in [-0.2, -0.15) is 0 Å². The van der Waals surface area contributed by atoms with Crippen LogP contribution in [-0.4, -0.2) is 43.2 Å². The van der Waals surface area contributed by atoms with Gasteiger partial charge >= 0.3 is 0 Å². The average Bonchev–Trinajstić information content (AvgIpc) is 3.49. The zero-order valence-electron chi connectivity index (χ0n) is 17.2. The van der Waals surface area contributed by atoms with Gasteiger partial charge < -0.3 is 10.4 Å². The lowest BCUT2D eigenvalue weighted by atomic mass is 10.1. The van der Waals surface area contributed by atoms with Crippen LogP contribution in [0.5, 0.6) is 0 Å². The molecule has 1 aliphatic carbocycles. The highest BCUT2D eigenvalue weighted by Gasteiger charge is 2.24. The Kier molecular flexibility index (Phi) is 4.95. The second kappa shape index (κ2) is 7.92. The van der Waals surface area contributed by atoms with Crippen molar-refractivity contribution in [3.05, 3.63) is 71.8 Å². The summed E-state index contributed by atoms with van der Waals surface area (Å²) in [7, 11) is 0. The van der Waals surface area contributed by atoms with E-state index >= 15 is 0 Å². The number of hydrogen-bond donors (Lipinski definition) is 2. The Balaban J connectivity index is 1.57. The standard InChI is InChI=1S/C24H23N5O2/c1-15-5-6-18(24(31)28-19-7-8-19)12-20(15)29-14-27-22-21(25-13-26-23(22)29)17-4-2-3-16(11-17)9-10-30/h2-6,11-14,19,30H,7-10H2,1H3,(H,28,31). The zero-order valence-corrected chi connectivity index (χ0v) is 17.2. The van der Waals surface area contributed by atoms with Gasteiger partial charge in [-0.3, -0.25) is 9.36 Å². The highest BCUT2D eigenvalue weighted by Crippen LogP contribution is 2.28. The SMILES string of the molecule is Cc1ccc(C(=O)NC2CC2)cc1-n1cnc2c(-c3cccc(CCO)c3)ncnc21. The number of benzene rings is 2. The lowest BCUT2D eigenvalue weighted by Crippen LogP contribution is -2.25. The van der Waals surface area contributed by atoms with Crippen molar-refractivity contribution < 1.29 is 9.90 Å². The van der Waals surface area contributed by atoms with Crippen molar-refractivity contribution in [1.29, 1.82) is 0 Å². The van der Waals surface area contributed by atoms with E-state index in [0.717, 1.165) is 40.9 Å². The molecule has 0 bridgehead atoms. The van der Waals surface area contributed by atoms with Gasteiger partial charge in [-0.25, -0.2) is 15.0 Å². The molecule has 1 aliphatic rings. The Hall–Kier alpha value is -3.58. The van der Waals surface area contributed by atoms with Crippen LogP contribution in [0.15, 0.2) is 55.1 Å². The largest absolute Gasteiger partial charge is 0.396 e. The lowest BCUT2D eigenvalue weighted by molar-refractivity contribution is 0.0951. The first-order chi connectivity index (χ1) is 15.1. The Morgan fingerprint density at radius 2 is 2.03 bits per heavy atom. The molecular weight excluding hydrogens is 390 g/mol. The number of fused-ring (bicyclic) bond motifs is 1. The van der Waals surface area contributed by atoms with Crippen LogP contribution in [0.2, 0.25) is 0 Å². The van der Waals surface area contributed by atoms with Crippen molar-refractivity contribution in [1.82, 2.24) is 24.8 Å². The van der Waals surface area contributed by atoms with Gasteiger partial charge in [0.2, 0.25) is 0 Å². The van der Waals surface area contributed by atoms with Gasteiger partial charge in [-0.05, 0) is 55.5 Å². The first-order valence-corrected chi connectivity index (χ1v) is 10.4. The van der Waals surface area contributed by atoms with Crippen molar-refractivity contribution in [2.45, 2.75) is 32.2 Å². The molecule has 2 heterocycles. The van der Waals surface area contributed by atoms with Crippen LogP contribution in [-0.2, 0) is 6.42 Å². The fourth-order valence-corrected chi connectivity index (χ4v) is 3.73. The molecule has 2 N–H and O–H groups in total. The number of aliphatic hydroxyl groups is 1. The van der Waals surface area contributed by atoms with E-state index in [1.807, 2.05) is 54.0 Å². The van der Waals surface area contributed by atoms with E-state index in [2.05, 4.69) is 20.3 Å². The van der Waals surface area contributed by atoms with Gasteiger partial charge in [0.25, 0.3) is 5.91 Å². The summed E-state index contributed by atoms with van der Waals surface area (Å²) in [6.45, 7) is 2.10. The maximum absolute atomic E-state index is 12.5. The number of rotatable bonds is 6. The molecule has 31 heavy (non-hydrogen) atoms. The molecule has 4 aromatic rings. The molecule has 7 nitrogen and oxygen atoms in total. The Bertz CT molecular complexity index is 1280. The summed E-state index contributed by atoms with van der Waals surface area (Å²) in [5.74, 6) is -0.0517. The van der Waals surface area contributed by atoms with Gasteiger partial charge in [-0.1, -0.05) is 24.3 Å². The van der Waals surface area contributed by atoms with Gasteiger partial charge in [0, 0.05) is 23.8 Å². The minimum absolute atomic E-state index is 0.0517. The summed E-state index contributed by atoms with van der Waals surface area (Å²) in [4.78, 5) is 26.1. The van der Waals surface area contributed by atoms with E-state index in [1.54, 1.807) is 6.33 Å². The van der Waals surface area contributed by atoms with Gasteiger partial charge in [0.15, 0.2) is 5.65 Å². The summed E-state index contributed by atoms with van der Waals surface area (Å²) in [6.07, 6.45) is 5.95. The lowest BCUT2D eigenvalue weighted by Gasteiger charge is -2.11. The Labute approximate surface area is 179 Å². The third kappa shape index (κ3) is 3.80. The minimum Gasteiger partial charge on any atom is -0.396 e. The number of imidazole rings is 1. The Morgan fingerprint density at radius 1 is 1.16 bits per heavy atom. The molecule has 0 radical (unpaired) electrons. The molecule has 0 atom stereocenters.